The van der Waals surface area contributed by atoms with E-state index in [2.05, 4.69) is 17.0 Å². The molecule has 0 N–H and O–H groups in total. The highest BCUT2D eigenvalue weighted by atomic mass is 35.5. The van der Waals surface area contributed by atoms with Gasteiger partial charge in [-0.3, -0.25) is 4.68 Å². The maximum atomic E-state index is 5.59. The van der Waals surface area contributed by atoms with Gasteiger partial charge in [0.25, 0.3) is 0 Å². The van der Waals surface area contributed by atoms with Crippen LogP contribution in [0.2, 0.25) is 0 Å². The highest BCUT2D eigenvalue weighted by Gasteiger charge is 2.01. The van der Waals surface area contributed by atoms with Gasteiger partial charge in [-0.25, -0.2) is 4.98 Å². The molecule has 0 aliphatic heterocycles. The van der Waals surface area contributed by atoms with Crippen LogP contribution in [0.5, 0.6) is 0 Å². The molecule has 0 saturated carbocycles. The molecule has 3 nitrogen and oxygen atoms in total. The lowest BCUT2D eigenvalue weighted by Crippen LogP contribution is -2.05. The smallest absolute Gasteiger partial charge is 0.138 e. The van der Waals surface area contributed by atoms with Gasteiger partial charge in [-0.2, -0.15) is 5.10 Å². The lowest BCUT2D eigenvalue weighted by atomic mass is 10.3. The van der Waals surface area contributed by atoms with Crippen LogP contribution in [0.4, 0.5) is 0 Å². The molecule has 1 rings (SSSR count). The summed E-state index contributed by atoms with van der Waals surface area (Å²) in [7, 11) is 0. The number of hydrogen-bond acceptors (Lipinski definition) is 2. The fourth-order valence-electron chi connectivity index (χ4n) is 1.11. The Morgan fingerprint density at radius 3 is 3.08 bits per heavy atom. The normalized spacial score (nSPS) is 10.5. The third kappa shape index (κ3) is 2.48. The standard InChI is InChI=1S/C8H14ClN3/c1-2-6-12-8(4-3-5-9)10-7-11-12/h7H,2-6H2,1H3. The van der Waals surface area contributed by atoms with Crippen molar-refractivity contribution < 1.29 is 0 Å². The summed E-state index contributed by atoms with van der Waals surface area (Å²) >= 11 is 5.59. The molecule has 0 spiro atoms. The Morgan fingerprint density at radius 1 is 1.58 bits per heavy atom. The van der Waals surface area contributed by atoms with E-state index >= 15 is 0 Å². The fourth-order valence-corrected chi connectivity index (χ4v) is 1.24. The van der Waals surface area contributed by atoms with Crippen molar-refractivity contribution in [1.82, 2.24) is 14.8 Å². The monoisotopic (exact) mass is 187 g/mol. The summed E-state index contributed by atoms with van der Waals surface area (Å²) in [5.41, 5.74) is 0. The van der Waals surface area contributed by atoms with Crippen LogP contribution in [0.1, 0.15) is 25.6 Å². The van der Waals surface area contributed by atoms with Crippen molar-refractivity contribution in [3.05, 3.63) is 12.2 Å². The highest BCUT2D eigenvalue weighted by molar-refractivity contribution is 6.17. The zero-order valence-corrected chi connectivity index (χ0v) is 8.09. The number of nitrogens with zero attached hydrogens (tertiary/aromatic N) is 3. The van der Waals surface area contributed by atoms with Gasteiger partial charge in [-0.05, 0) is 12.8 Å². The van der Waals surface area contributed by atoms with E-state index in [1.807, 2.05) is 4.68 Å². The molecule has 1 heterocycles. The first-order chi connectivity index (χ1) is 5.88. The minimum atomic E-state index is 0.693. The first kappa shape index (κ1) is 9.52. The third-order valence-electron chi connectivity index (χ3n) is 1.67. The quantitative estimate of drug-likeness (QED) is 0.659. The number of alkyl halides is 1. The van der Waals surface area contributed by atoms with Crippen LogP contribution in [0.15, 0.2) is 6.33 Å². The maximum Gasteiger partial charge on any atom is 0.138 e. The Kier molecular flexibility index (Phi) is 4.08. The van der Waals surface area contributed by atoms with Crippen LogP contribution in [-0.4, -0.2) is 20.6 Å². The summed E-state index contributed by atoms with van der Waals surface area (Å²) in [6.07, 6.45) is 4.62. The maximum absolute atomic E-state index is 5.59. The topological polar surface area (TPSA) is 30.7 Å². The Labute approximate surface area is 77.8 Å². The predicted molar refractivity (Wildman–Crippen MR) is 49.4 cm³/mol. The number of halogens is 1. The summed E-state index contributed by atoms with van der Waals surface area (Å²) < 4.78 is 1.95. The molecule has 1 aromatic heterocycles. The van der Waals surface area contributed by atoms with Gasteiger partial charge >= 0.3 is 0 Å². The van der Waals surface area contributed by atoms with E-state index in [1.54, 1.807) is 6.33 Å². The van der Waals surface area contributed by atoms with E-state index < -0.39 is 0 Å². The van der Waals surface area contributed by atoms with Crippen molar-refractivity contribution in [3.8, 4) is 0 Å². The number of aryl methyl sites for hydroxylation is 2. The molecule has 0 fully saturated rings. The van der Waals surface area contributed by atoms with Crippen LogP contribution in [0, 0.1) is 0 Å². The zero-order valence-electron chi connectivity index (χ0n) is 7.33. The molecule has 4 heteroatoms. The summed E-state index contributed by atoms with van der Waals surface area (Å²) in [5.74, 6) is 1.75. The van der Waals surface area contributed by atoms with Crippen molar-refractivity contribution >= 4 is 11.6 Å². The number of hydrogen-bond donors (Lipinski definition) is 0. The molecule has 12 heavy (non-hydrogen) atoms. The highest BCUT2D eigenvalue weighted by Crippen LogP contribution is 2.00. The molecule has 1 aromatic rings. The summed E-state index contributed by atoms with van der Waals surface area (Å²) in [6.45, 7) is 3.09. The Morgan fingerprint density at radius 2 is 2.42 bits per heavy atom. The number of rotatable bonds is 5. The number of aromatic nitrogens is 3. The molecule has 0 bridgehead atoms. The second-order valence-corrected chi connectivity index (χ2v) is 3.07. The molecule has 0 aliphatic carbocycles. The zero-order chi connectivity index (χ0) is 8.81. The van der Waals surface area contributed by atoms with Crippen molar-refractivity contribution in [2.45, 2.75) is 32.7 Å². The molecule has 0 aromatic carbocycles. The lowest BCUT2D eigenvalue weighted by Gasteiger charge is -2.01. The van der Waals surface area contributed by atoms with Crippen LogP contribution < -0.4 is 0 Å². The predicted octanol–water partition coefficient (Wildman–Crippen LogP) is 1.86. The van der Waals surface area contributed by atoms with E-state index in [4.69, 9.17) is 11.6 Å². The Balaban J connectivity index is 2.51. The van der Waals surface area contributed by atoms with Gasteiger partial charge in [0, 0.05) is 18.8 Å². The summed E-state index contributed by atoms with van der Waals surface area (Å²) in [5, 5.41) is 4.12. The molecular formula is C8H14ClN3. The van der Waals surface area contributed by atoms with Crippen LogP contribution >= 0.6 is 11.6 Å². The third-order valence-corrected chi connectivity index (χ3v) is 1.93. The molecule has 0 radical (unpaired) electrons. The van der Waals surface area contributed by atoms with E-state index in [9.17, 15) is 0 Å². The van der Waals surface area contributed by atoms with Crippen molar-refractivity contribution in [1.29, 1.82) is 0 Å². The van der Waals surface area contributed by atoms with Crippen molar-refractivity contribution in [2.24, 2.45) is 0 Å². The van der Waals surface area contributed by atoms with Gasteiger partial charge in [0.1, 0.15) is 12.2 Å². The van der Waals surface area contributed by atoms with Gasteiger partial charge in [0.05, 0.1) is 0 Å². The van der Waals surface area contributed by atoms with E-state index in [0.29, 0.717) is 5.88 Å². The first-order valence-corrected chi connectivity index (χ1v) is 4.84. The second-order valence-electron chi connectivity index (χ2n) is 2.69. The van der Waals surface area contributed by atoms with Crippen LogP contribution in [0.3, 0.4) is 0 Å². The van der Waals surface area contributed by atoms with E-state index in [-0.39, 0.29) is 0 Å². The van der Waals surface area contributed by atoms with Gasteiger partial charge in [-0.15, -0.1) is 11.6 Å². The largest absolute Gasteiger partial charge is 0.250 e. The van der Waals surface area contributed by atoms with Gasteiger partial charge in [0.2, 0.25) is 0 Å². The van der Waals surface area contributed by atoms with Crippen molar-refractivity contribution in [2.75, 3.05) is 5.88 Å². The van der Waals surface area contributed by atoms with Gasteiger partial charge in [0.15, 0.2) is 0 Å². The average Bonchev–Trinajstić information content (AvgIpc) is 2.50. The minimum Gasteiger partial charge on any atom is -0.250 e. The molecule has 68 valence electrons. The Bertz CT molecular complexity index is 222. The molecule has 0 aliphatic rings. The SMILES string of the molecule is CCCn1ncnc1CCCCl. The fraction of sp³-hybridized carbons (Fsp3) is 0.750. The molecular weight excluding hydrogens is 174 g/mol. The van der Waals surface area contributed by atoms with Gasteiger partial charge in [-0.1, -0.05) is 6.92 Å². The van der Waals surface area contributed by atoms with E-state index in [1.165, 1.54) is 0 Å². The molecule has 0 atom stereocenters. The van der Waals surface area contributed by atoms with E-state index in [0.717, 1.165) is 31.6 Å². The second kappa shape index (κ2) is 5.14. The molecule has 0 saturated heterocycles. The van der Waals surface area contributed by atoms with Crippen LogP contribution in [-0.2, 0) is 13.0 Å². The minimum absolute atomic E-state index is 0.693. The van der Waals surface area contributed by atoms with Gasteiger partial charge < -0.3 is 0 Å². The summed E-state index contributed by atoms with van der Waals surface area (Å²) in [6, 6.07) is 0. The lowest BCUT2D eigenvalue weighted by molar-refractivity contribution is 0.565. The van der Waals surface area contributed by atoms with Crippen LogP contribution in [0.25, 0.3) is 0 Å². The van der Waals surface area contributed by atoms with Crippen molar-refractivity contribution in [3.63, 3.8) is 0 Å². The first-order valence-electron chi connectivity index (χ1n) is 4.31. The summed E-state index contributed by atoms with van der Waals surface area (Å²) in [4.78, 5) is 4.17. The average molecular weight is 188 g/mol. The Hall–Kier alpha value is -0.570. The molecule has 0 amide bonds. The molecule has 0 unspecified atom stereocenters.